The molecule has 2 aliphatic rings. The molecule has 2 fully saturated rings. The molecule has 0 radical (unpaired) electrons. The van der Waals surface area contributed by atoms with Crippen LogP contribution in [0.3, 0.4) is 0 Å². The molecule has 1 N–H and O–H groups in total. The van der Waals surface area contributed by atoms with E-state index in [0.717, 1.165) is 52.0 Å². The maximum atomic E-state index is 12.6. The summed E-state index contributed by atoms with van der Waals surface area (Å²) in [5, 5.41) is 3.42. The Labute approximate surface area is 117 Å². The van der Waals surface area contributed by atoms with E-state index in [4.69, 9.17) is 0 Å². The van der Waals surface area contributed by atoms with Gasteiger partial charge in [-0.25, -0.2) is 0 Å². The maximum Gasteiger partial charge on any atom is 0.225 e. The molecule has 2 saturated heterocycles. The summed E-state index contributed by atoms with van der Waals surface area (Å²) in [5.74, 6) is 0.662. The zero-order chi connectivity index (χ0) is 13.8. The number of amides is 1. The molecular formula is C15H29N3O. The summed E-state index contributed by atoms with van der Waals surface area (Å²) in [5.41, 5.74) is 0. The number of nitrogens with zero attached hydrogens (tertiary/aromatic N) is 2. The number of nitrogens with one attached hydrogen (secondary N) is 1. The van der Waals surface area contributed by atoms with Crippen molar-refractivity contribution in [3.63, 3.8) is 0 Å². The number of rotatable bonds is 4. The van der Waals surface area contributed by atoms with Gasteiger partial charge in [0.1, 0.15) is 0 Å². The molecule has 2 aliphatic heterocycles. The van der Waals surface area contributed by atoms with Gasteiger partial charge in [0.25, 0.3) is 0 Å². The molecule has 0 bridgehead atoms. The maximum absolute atomic E-state index is 12.6. The first-order valence-corrected chi connectivity index (χ1v) is 7.91. The zero-order valence-electron chi connectivity index (χ0n) is 12.7. The zero-order valence-corrected chi connectivity index (χ0v) is 12.7. The first-order valence-electron chi connectivity index (χ1n) is 7.91. The van der Waals surface area contributed by atoms with Gasteiger partial charge in [0, 0.05) is 31.1 Å². The van der Waals surface area contributed by atoms with Crippen LogP contribution in [-0.4, -0.2) is 60.5 Å². The predicted molar refractivity (Wildman–Crippen MR) is 78.1 cm³/mol. The van der Waals surface area contributed by atoms with Crippen molar-refractivity contribution in [1.82, 2.24) is 15.1 Å². The number of likely N-dealkylation sites (N-methyl/N-ethyl adjacent to an activating group) is 1. The van der Waals surface area contributed by atoms with E-state index in [2.05, 4.69) is 35.9 Å². The van der Waals surface area contributed by atoms with Crippen molar-refractivity contribution >= 4 is 5.91 Å². The van der Waals surface area contributed by atoms with Crippen LogP contribution in [0.2, 0.25) is 0 Å². The van der Waals surface area contributed by atoms with Gasteiger partial charge in [0.05, 0.1) is 0 Å². The highest BCUT2D eigenvalue weighted by molar-refractivity contribution is 5.79. The van der Waals surface area contributed by atoms with Crippen molar-refractivity contribution in [2.24, 2.45) is 5.92 Å². The van der Waals surface area contributed by atoms with Crippen molar-refractivity contribution in [2.45, 2.75) is 52.1 Å². The Hall–Kier alpha value is -0.610. The Morgan fingerprint density at radius 1 is 1.32 bits per heavy atom. The summed E-state index contributed by atoms with van der Waals surface area (Å²) in [6, 6.07) is 1.07. The molecule has 2 heterocycles. The largest absolute Gasteiger partial charge is 0.341 e. The van der Waals surface area contributed by atoms with Crippen molar-refractivity contribution in [1.29, 1.82) is 0 Å². The third-order valence-electron chi connectivity index (χ3n) is 4.78. The monoisotopic (exact) mass is 267 g/mol. The van der Waals surface area contributed by atoms with E-state index >= 15 is 0 Å². The van der Waals surface area contributed by atoms with Crippen LogP contribution in [0.5, 0.6) is 0 Å². The lowest BCUT2D eigenvalue weighted by Gasteiger charge is -2.31. The van der Waals surface area contributed by atoms with E-state index in [1.54, 1.807) is 0 Å². The third kappa shape index (κ3) is 3.48. The first-order chi connectivity index (χ1) is 9.15. The van der Waals surface area contributed by atoms with E-state index < -0.39 is 0 Å². The van der Waals surface area contributed by atoms with Crippen LogP contribution < -0.4 is 5.32 Å². The molecule has 19 heavy (non-hydrogen) atoms. The molecule has 0 aromatic carbocycles. The third-order valence-corrected chi connectivity index (χ3v) is 4.78. The van der Waals surface area contributed by atoms with E-state index in [0.29, 0.717) is 18.0 Å². The van der Waals surface area contributed by atoms with Crippen LogP contribution in [0.15, 0.2) is 0 Å². The molecule has 0 aliphatic carbocycles. The Morgan fingerprint density at radius 3 is 2.68 bits per heavy atom. The quantitative estimate of drug-likeness (QED) is 0.834. The second kappa shape index (κ2) is 6.71. The Morgan fingerprint density at radius 2 is 2.05 bits per heavy atom. The summed E-state index contributed by atoms with van der Waals surface area (Å²) in [6.45, 7) is 11.7. The molecule has 4 heteroatoms. The summed E-state index contributed by atoms with van der Waals surface area (Å²) >= 11 is 0. The van der Waals surface area contributed by atoms with E-state index in [-0.39, 0.29) is 5.92 Å². The van der Waals surface area contributed by atoms with Crippen LogP contribution in [0.1, 0.15) is 40.0 Å². The van der Waals surface area contributed by atoms with E-state index in [1.807, 2.05) is 0 Å². The average molecular weight is 267 g/mol. The minimum absolute atomic E-state index is 0.256. The fourth-order valence-corrected chi connectivity index (χ4v) is 3.59. The highest BCUT2D eigenvalue weighted by atomic mass is 16.2. The number of likely N-dealkylation sites (tertiary alicyclic amines) is 1. The van der Waals surface area contributed by atoms with Gasteiger partial charge in [-0.1, -0.05) is 13.8 Å². The van der Waals surface area contributed by atoms with Crippen molar-refractivity contribution < 1.29 is 4.79 Å². The lowest BCUT2D eigenvalue weighted by Crippen LogP contribution is -2.44. The standard InChI is InChI=1S/C15H29N3O/c1-4-17(5-2)14-7-9-18(11-14)15(19)13-6-8-16-12(3)10-13/h12-14,16H,4-11H2,1-3H3. The molecule has 110 valence electrons. The minimum atomic E-state index is 0.256. The van der Waals surface area contributed by atoms with Gasteiger partial charge in [0.15, 0.2) is 0 Å². The molecule has 1 amide bonds. The molecule has 3 unspecified atom stereocenters. The SMILES string of the molecule is CCN(CC)C1CCN(C(=O)C2CCNC(C)C2)C1. The topological polar surface area (TPSA) is 35.6 Å². The number of carbonyl (C=O) groups excluding carboxylic acids is 1. The van der Waals surface area contributed by atoms with Gasteiger partial charge >= 0.3 is 0 Å². The second-order valence-corrected chi connectivity index (χ2v) is 6.02. The fourth-order valence-electron chi connectivity index (χ4n) is 3.59. The molecule has 0 aromatic heterocycles. The molecular weight excluding hydrogens is 238 g/mol. The van der Waals surface area contributed by atoms with Gasteiger partial charge in [-0.2, -0.15) is 0 Å². The number of hydrogen-bond acceptors (Lipinski definition) is 3. The molecule has 0 spiro atoms. The van der Waals surface area contributed by atoms with Crippen molar-refractivity contribution in [3.05, 3.63) is 0 Å². The number of hydrogen-bond donors (Lipinski definition) is 1. The fraction of sp³-hybridized carbons (Fsp3) is 0.933. The van der Waals surface area contributed by atoms with Crippen molar-refractivity contribution in [3.8, 4) is 0 Å². The molecule has 3 atom stereocenters. The molecule has 4 nitrogen and oxygen atoms in total. The van der Waals surface area contributed by atoms with Crippen LogP contribution in [-0.2, 0) is 4.79 Å². The first kappa shape index (κ1) is 14.8. The summed E-state index contributed by atoms with van der Waals surface area (Å²) < 4.78 is 0. The molecule has 0 saturated carbocycles. The van der Waals surface area contributed by atoms with Crippen LogP contribution in [0, 0.1) is 5.92 Å². The Balaban J connectivity index is 1.87. The highest BCUT2D eigenvalue weighted by Crippen LogP contribution is 2.23. The van der Waals surface area contributed by atoms with Gasteiger partial charge in [-0.05, 0) is 45.8 Å². The normalized spacial score (nSPS) is 32.0. The van der Waals surface area contributed by atoms with Crippen molar-refractivity contribution in [2.75, 3.05) is 32.7 Å². The Bertz CT molecular complexity index is 304. The number of piperidine rings is 1. The van der Waals surface area contributed by atoms with Gasteiger partial charge in [-0.3, -0.25) is 9.69 Å². The second-order valence-electron chi connectivity index (χ2n) is 6.02. The lowest BCUT2D eigenvalue weighted by atomic mass is 9.92. The highest BCUT2D eigenvalue weighted by Gasteiger charge is 2.34. The van der Waals surface area contributed by atoms with E-state index in [9.17, 15) is 4.79 Å². The molecule has 2 rings (SSSR count). The predicted octanol–water partition coefficient (Wildman–Crippen LogP) is 1.32. The molecule has 0 aromatic rings. The van der Waals surface area contributed by atoms with Crippen LogP contribution in [0.4, 0.5) is 0 Å². The minimum Gasteiger partial charge on any atom is -0.341 e. The summed E-state index contributed by atoms with van der Waals surface area (Å²) in [4.78, 5) is 17.2. The van der Waals surface area contributed by atoms with E-state index in [1.165, 1.54) is 0 Å². The van der Waals surface area contributed by atoms with Crippen LogP contribution in [0.25, 0.3) is 0 Å². The number of carbonyl (C=O) groups is 1. The lowest BCUT2D eigenvalue weighted by molar-refractivity contribution is -0.135. The smallest absolute Gasteiger partial charge is 0.225 e. The van der Waals surface area contributed by atoms with Crippen LogP contribution >= 0.6 is 0 Å². The summed E-state index contributed by atoms with van der Waals surface area (Å²) in [7, 11) is 0. The van der Waals surface area contributed by atoms with Gasteiger partial charge in [-0.15, -0.1) is 0 Å². The summed E-state index contributed by atoms with van der Waals surface area (Å²) in [6.07, 6.45) is 3.16. The van der Waals surface area contributed by atoms with Gasteiger partial charge in [0.2, 0.25) is 5.91 Å². The Kier molecular flexibility index (Phi) is 5.22. The van der Waals surface area contributed by atoms with Gasteiger partial charge < -0.3 is 10.2 Å². The average Bonchev–Trinajstić information content (AvgIpc) is 2.89.